The van der Waals surface area contributed by atoms with Crippen LogP contribution in [0.1, 0.15) is 56.6 Å². The maximum atomic E-state index is 13.2. The Hall–Kier alpha value is -3.04. The molecule has 0 saturated carbocycles. The number of rotatable bonds is 14. The van der Waals surface area contributed by atoms with Crippen LogP contribution in [0.2, 0.25) is 0 Å². The molecule has 9 heteroatoms. The first-order valence-electron chi connectivity index (χ1n) is 12.8. The molecule has 2 aromatic carbocycles. The van der Waals surface area contributed by atoms with Gasteiger partial charge >= 0.3 is 0 Å². The molecule has 0 aliphatic carbocycles. The van der Waals surface area contributed by atoms with Crippen molar-refractivity contribution in [3.63, 3.8) is 0 Å². The van der Waals surface area contributed by atoms with Gasteiger partial charge in [0, 0.05) is 6.54 Å². The summed E-state index contributed by atoms with van der Waals surface area (Å²) in [7, 11) is -2.40. The lowest BCUT2D eigenvalue weighted by Crippen LogP contribution is -2.29. The largest absolute Gasteiger partial charge is 0.493 e. The minimum absolute atomic E-state index is 0.0712. The molecule has 1 heterocycles. The number of carbonyl (C=O) groups excluding carboxylic acids is 1. The fourth-order valence-electron chi connectivity index (χ4n) is 3.84. The minimum atomic E-state index is -3.99. The van der Waals surface area contributed by atoms with Crippen molar-refractivity contribution < 1.29 is 22.7 Å². The standard InChI is InChI=1S/C29H36N2O5S2/c1-5-7-8-9-10-11-19-36-26-20-23(14-17-25(26)35-4)21-27-28(32)31(18-6-2)29(37-27)30-38(33,34)24-15-12-22(3)13-16-24/h6,12-17,20-21H,2,5,7-11,18-19H2,1,3-4H3. The predicted octanol–water partition coefficient (Wildman–Crippen LogP) is 6.59. The molecular weight excluding hydrogens is 520 g/mol. The number of sulfonamides is 1. The van der Waals surface area contributed by atoms with Crippen molar-refractivity contribution in [1.29, 1.82) is 0 Å². The van der Waals surface area contributed by atoms with Crippen LogP contribution in [0, 0.1) is 6.92 Å². The summed E-state index contributed by atoms with van der Waals surface area (Å²) in [5.74, 6) is 0.881. The molecule has 3 rings (SSSR count). The number of amidine groups is 1. The Morgan fingerprint density at radius 2 is 1.74 bits per heavy atom. The zero-order chi connectivity index (χ0) is 27.5. The molecule has 0 radical (unpaired) electrons. The zero-order valence-electron chi connectivity index (χ0n) is 22.3. The predicted molar refractivity (Wildman–Crippen MR) is 155 cm³/mol. The fraction of sp³-hybridized carbons (Fsp3) is 0.379. The van der Waals surface area contributed by atoms with Crippen molar-refractivity contribution in [2.24, 2.45) is 4.40 Å². The number of hydrogen-bond donors (Lipinski definition) is 0. The van der Waals surface area contributed by atoms with Crippen LogP contribution >= 0.6 is 11.8 Å². The number of unbranched alkanes of at least 4 members (excludes halogenated alkanes) is 5. The quantitative estimate of drug-likeness (QED) is 0.148. The van der Waals surface area contributed by atoms with Gasteiger partial charge in [0.25, 0.3) is 15.9 Å². The number of amides is 1. The molecule has 0 spiro atoms. The molecule has 38 heavy (non-hydrogen) atoms. The summed E-state index contributed by atoms with van der Waals surface area (Å²) in [4.78, 5) is 14.9. The molecule has 1 aliphatic rings. The molecule has 1 aliphatic heterocycles. The van der Waals surface area contributed by atoms with E-state index in [1.165, 1.54) is 48.8 Å². The SMILES string of the molecule is C=CCN1C(=O)C(=Cc2ccc(OC)c(OCCCCCCCC)c2)SC1=NS(=O)(=O)c1ccc(C)cc1. The number of nitrogens with zero attached hydrogens (tertiary/aromatic N) is 2. The van der Waals surface area contributed by atoms with Gasteiger partial charge in [-0.3, -0.25) is 9.69 Å². The number of ether oxygens (including phenoxy) is 2. The first kappa shape index (κ1) is 29.5. The van der Waals surface area contributed by atoms with Crippen LogP contribution in [-0.2, 0) is 14.8 Å². The van der Waals surface area contributed by atoms with E-state index in [2.05, 4.69) is 17.9 Å². The number of hydrogen-bond acceptors (Lipinski definition) is 6. The van der Waals surface area contributed by atoms with Crippen LogP contribution in [0.15, 0.2) is 69.3 Å². The topological polar surface area (TPSA) is 85.3 Å². The number of methoxy groups -OCH3 is 1. The molecule has 2 aromatic rings. The van der Waals surface area contributed by atoms with E-state index in [1.54, 1.807) is 31.4 Å². The number of carbonyl (C=O) groups is 1. The van der Waals surface area contributed by atoms with E-state index in [0.717, 1.165) is 35.7 Å². The van der Waals surface area contributed by atoms with E-state index >= 15 is 0 Å². The first-order valence-corrected chi connectivity index (χ1v) is 15.1. The summed E-state index contributed by atoms with van der Waals surface area (Å²) in [5.41, 5.74) is 1.68. The van der Waals surface area contributed by atoms with Crippen molar-refractivity contribution in [1.82, 2.24) is 4.90 Å². The van der Waals surface area contributed by atoms with E-state index in [0.29, 0.717) is 23.0 Å². The molecule has 0 bridgehead atoms. The van der Waals surface area contributed by atoms with Gasteiger partial charge in [0.05, 0.1) is 23.5 Å². The highest BCUT2D eigenvalue weighted by Gasteiger charge is 2.34. The van der Waals surface area contributed by atoms with Crippen molar-refractivity contribution in [2.45, 2.75) is 57.3 Å². The van der Waals surface area contributed by atoms with Gasteiger partial charge < -0.3 is 9.47 Å². The van der Waals surface area contributed by atoms with Gasteiger partial charge in [0.1, 0.15) is 0 Å². The van der Waals surface area contributed by atoms with Crippen LogP contribution in [-0.4, -0.2) is 44.7 Å². The lowest BCUT2D eigenvalue weighted by Gasteiger charge is -2.12. The average Bonchev–Trinajstić information content (AvgIpc) is 3.17. The summed E-state index contributed by atoms with van der Waals surface area (Å²) < 4.78 is 41.3. The monoisotopic (exact) mass is 556 g/mol. The second-order valence-corrected chi connectivity index (χ2v) is 11.6. The van der Waals surface area contributed by atoms with Crippen molar-refractivity contribution >= 4 is 38.9 Å². The molecule has 0 aromatic heterocycles. The molecule has 0 atom stereocenters. The number of aryl methyl sites for hydroxylation is 1. The molecule has 1 amide bonds. The molecule has 204 valence electrons. The molecule has 0 unspecified atom stereocenters. The molecule has 1 fully saturated rings. The Morgan fingerprint density at radius 3 is 2.42 bits per heavy atom. The maximum absolute atomic E-state index is 13.2. The maximum Gasteiger partial charge on any atom is 0.284 e. The number of thioether (sulfide) groups is 1. The zero-order valence-corrected chi connectivity index (χ0v) is 23.9. The summed E-state index contributed by atoms with van der Waals surface area (Å²) in [6, 6.07) is 11.9. The Morgan fingerprint density at radius 1 is 1.03 bits per heavy atom. The second kappa shape index (κ2) is 14.2. The smallest absolute Gasteiger partial charge is 0.284 e. The van der Waals surface area contributed by atoms with Crippen LogP contribution in [0.5, 0.6) is 11.5 Å². The van der Waals surface area contributed by atoms with E-state index in [4.69, 9.17) is 9.47 Å². The highest BCUT2D eigenvalue weighted by Crippen LogP contribution is 2.35. The summed E-state index contributed by atoms with van der Waals surface area (Å²) in [6.45, 7) is 8.49. The van der Waals surface area contributed by atoms with E-state index < -0.39 is 10.0 Å². The Balaban J connectivity index is 1.80. The van der Waals surface area contributed by atoms with Crippen LogP contribution in [0.3, 0.4) is 0 Å². The van der Waals surface area contributed by atoms with E-state index in [1.807, 2.05) is 19.1 Å². The van der Waals surface area contributed by atoms with Gasteiger partial charge in [0.15, 0.2) is 16.7 Å². The van der Waals surface area contributed by atoms with E-state index in [9.17, 15) is 13.2 Å². The molecule has 7 nitrogen and oxygen atoms in total. The van der Waals surface area contributed by atoms with Crippen LogP contribution < -0.4 is 9.47 Å². The molecule has 0 N–H and O–H groups in total. The fourth-order valence-corrected chi connectivity index (χ4v) is 6.03. The van der Waals surface area contributed by atoms with Gasteiger partial charge in [0.2, 0.25) is 0 Å². The second-order valence-electron chi connectivity index (χ2n) is 9.00. The third-order valence-corrected chi connectivity index (χ3v) is 8.36. The van der Waals surface area contributed by atoms with Crippen LogP contribution in [0.4, 0.5) is 0 Å². The lowest BCUT2D eigenvalue weighted by atomic mass is 10.1. The van der Waals surface area contributed by atoms with Crippen LogP contribution in [0.25, 0.3) is 6.08 Å². The lowest BCUT2D eigenvalue weighted by molar-refractivity contribution is -0.121. The third-order valence-electron chi connectivity index (χ3n) is 5.96. The van der Waals surface area contributed by atoms with Crippen molar-refractivity contribution in [3.8, 4) is 11.5 Å². The highest BCUT2D eigenvalue weighted by atomic mass is 32.2. The van der Waals surface area contributed by atoms with Crippen molar-refractivity contribution in [3.05, 3.63) is 71.2 Å². The highest BCUT2D eigenvalue weighted by molar-refractivity contribution is 8.19. The third kappa shape index (κ3) is 7.98. The van der Waals surface area contributed by atoms with E-state index in [-0.39, 0.29) is 22.5 Å². The normalized spacial score (nSPS) is 15.9. The summed E-state index contributed by atoms with van der Waals surface area (Å²) in [5, 5.41) is 0.0924. The van der Waals surface area contributed by atoms with Gasteiger partial charge in [-0.2, -0.15) is 8.42 Å². The Labute approximate surface area is 230 Å². The van der Waals surface area contributed by atoms with Crippen molar-refractivity contribution in [2.75, 3.05) is 20.3 Å². The van der Waals surface area contributed by atoms with Gasteiger partial charge in [-0.25, -0.2) is 0 Å². The Bertz CT molecular complexity index is 1280. The molecule has 1 saturated heterocycles. The first-order chi connectivity index (χ1) is 18.3. The summed E-state index contributed by atoms with van der Waals surface area (Å²) in [6.07, 6.45) is 10.2. The van der Waals surface area contributed by atoms with Gasteiger partial charge in [-0.15, -0.1) is 11.0 Å². The number of benzene rings is 2. The summed E-state index contributed by atoms with van der Waals surface area (Å²) >= 11 is 1.02. The van der Waals surface area contributed by atoms with Gasteiger partial charge in [-0.1, -0.05) is 68.9 Å². The Kier molecular flexibility index (Phi) is 11.0. The minimum Gasteiger partial charge on any atom is -0.493 e. The molecular formula is C29H36N2O5S2. The average molecular weight is 557 g/mol. The van der Waals surface area contributed by atoms with Gasteiger partial charge in [-0.05, 0) is 61.0 Å².